The fourth-order valence-electron chi connectivity index (χ4n) is 3.61. The zero-order chi connectivity index (χ0) is 27.1. The van der Waals surface area contributed by atoms with Gasteiger partial charge >= 0.3 is 0 Å². The molecule has 0 aromatic heterocycles. The van der Waals surface area contributed by atoms with Crippen LogP contribution in [0.15, 0.2) is 0 Å². The first-order valence-electron chi connectivity index (χ1n) is 12.4. The first-order valence-corrected chi connectivity index (χ1v) is 12.4. The van der Waals surface area contributed by atoms with Crippen LogP contribution in [0.2, 0.25) is 0 Å². The molecule has 1 rings (SSSR count). The number of hydrogen-bond acceptors (Lipinski definition) is 4. The Bertz CT molecular complexity index is 800. The third kappa shape index (κ3) is 7.81. The highest BCUT2D eigenvalue weighted by Gasteiger charge is 2.51. The summed E-state index contributed by atoms with van der Waals surface area (Å²) in [5, 5.41) is 8.73. The summed E-state index contributed by atoms with van der Waals surface area (Å²) in [5.74, 6) is -1.02. The van der Waals surface area contributed by atoms with Crippen molar-refractivity contribution in [2.75, 3.05) is 0 Å². The first-order chi connectivity index (χ1) is 14.9. The van der Waals surface area contributed by atoms with E-state index >= 15 is 0 Å². The second-order valence-electron chi connectivity index (χ2n) is 14.6. The number of amides is 3. The van der Waals surface area contributed by atoms with Crippen LogP contribution in [0.3, 0.4) is 0 Å². The van der Waals surface area contributed by atoms with Gasteiger partial charge < -0.3 is 16.0 Å². The monoisotopic (exact) mass is 479 g/mol. The number of carbonyl (C=O) groups excluding carboxylic acids is 4. The molecule has 3 N–H and O–H groups in total. The molecule has 0 aromatic carbocycles. The minimum Gasteiger partial charge on any atom is -0.344 e. The molecule has 0 aliphatic heterocycles. The summed E-state index contributed by atoms with van der Waals surface area (Å²) in [6, 6.07) is -2.38. The van der Waals surface area contributed by atoms with Gasteiger partial charge in [-0.25, -0.2) is 0 Å². The van der Waals surface area contributed by atoms with E-state index in [1.165, 1.54) is 0 Å². The minimum atomic E-state index is -0.888. The highest BCUT2D eigenvalue weighted by Crippen LogP contribution is 2.48. The van der Waals surface area contributed by atoms with Gasteiger partial charge in [-0.05, 0) is 29.1 Å². The van der Waals surface area contributed by atoms with Crippen LogP contribution in [0.5, 0.6) is 0 Å². The Labute approximate surface area is 207 Å². The molecule has 1 aliphatic carbocycles. The van der Waals surface area contributed by atoms with Crippen LogP contribution in [0.25, 0.3) is 0 Å². The van der Waals surface area contributed by atoms with Gasteiger partial charge in [-0.3, -0.25) is 19.2 Å². The molecule has 0 radical (unpaired) electrons. The van der Waals surface area contributed by atoms with Crippen LogP contribution in [0.1, 0.15) is 103 Å². The van der Waals surface area contributed by atoms with E-state index in [-0.39, 0.29) is 17.1 Å². The Morgan fingerprint density at radius 3 is 1.21 bits per heavy atom. The van der Waals surface area contributed by atoms with E-state index in [1.54, 1.807) is 20.8 Å². The van der Waals surface area contributed by atoms with Gasteiger partial charge in [0.2, 0.25) is 17.7 Å². The SMILES string of the molecule is CC(C)(C)C(=O)NC(C(=O)NC(C(=O)NC(C(=O)C1(C)CC1)C(C)(C)C)C(C)(C)C)C(C)(C)C. The van der Waals surface area contributed by atoms with Gasteiger partial charge in [0.05, 0.1) is 6.04 Å². The number of carbonyl (C=O) groups is 4. The molecule has 1 aliphatic rings. The van der Waals surface area contributed by atoms with Gasteiger partial charge in [0, 0.05) is 10.8 Å². The number of nitrogens with one attached hydrogen (secondary N) is 3. The summed E-state index contributed by atoms with van der Waals surface area (Å²) >= 11 is 0. The molecule has 0 spiro atoms. The average Bonchev–Trinajstić information content (AvgIpc) is 3.35. The van der Waals surface area contributed by atoms with E-state index in [0.717, 1.165) is 12.8 Å². The zero-order valence-corrected chi connectivity index (χ0v) is 23.8. The minimum absolute atomic E-state index is 0.0392. The molecule has 0 heterocycles. The van der Waals surface area contributed by atoms with Gasteiger partial charge in [-0.1, -0.05) is 90.0 Å². The summed E-state index contributed by atoms with van der Waals surface area (Å²) in [5.41, 5.74) is -2.72. The molecule has 3 unspecified atom stereocenters. The van der Waals surface area contributed by atoms with Crippen LogP contribution < -0.4 is 16.0 Å². The van der Waals surface area contributed by atoms with Crippen molar-refractivity contribution < 1.29 is 19.2 Å². The molecule has 0 saturated heterocycles. The second-order valence-corrected chi connectivity index (χ2v) is 14.6. The Balaban J connectivity index is 3.20. The Morgan fingerprint density at radius 2 is 0.912 bits per heavy atom. The molecule has 0 bridgehead atoms. The lowest BCUT2D eigenvalue weighted by atomic mass is 9.78. The van der Waals surface area contributed by atoms with Crippen molar-refractivity contribution in [2.45, 2.75) is 121 Å². The van der Waals surface area contributed by atoms with Gasteiger partial charge in [-0.15, -0.1) is 0 Å². The quantitative estimate of drug-likeness (QED) is 0.513. The van der Waals surface area contributed by atoms with Gasteiger partial charge in [-0.2, -0.15) is 0 Å². The second kappa shape index (κ2) is 9.62. The van der Waals surface area contributed by atoms with Crippen molar-refractivity contribution in [1.82, 2.24) is 16.0 Å². The molecule has 1 fully saturated rings. The summed E-state index contributed by atoms with van der Waals surface area (Å²) in [6.07, 6.45) is 1.66. The third-order valence-corrected chi connectivity index (χ3v) is 6.51. The third-order valence-electron chi connectivity index (χ3n) is 6.51. The van der Waals surface area contributed by atoms with Crippen molar-refractivity contribution in [2.24, 2.45) is 27.1 Å². The average molecular weight is 480 g/mol. The van der Waals surface area contributed by atoms with E-state index < -0.39 is 51.6 Å². The molecular weight excluding hydrogens is 430 g/mol. The van der Waals surface area contributed by atoms with E-state index in [1.807, 2.05) is 69.2 Å². The molecule has 3 atom stereocenters. The first kappa shape index (κ1) is 30.1. The van der Waals surface area contributed by atoms with Crippen molar-refractivity contribution in [3.63, 3.8) is 0 Å². The summed E-state index contributed by atoms with van der Waals surface area (Å²) in [6.45, 7) is 24.3. The van der Waals surface area contributed by atoms with Crippen molar-refractivity contribution in [1.29, 1.82) is 0 Å². The molecule has 34 heavy (non-hydrogen) atoms. The molecule has 7 heteroatoms. The van der Waals surface area contributed by atoms with E-state index in [2.05, 4.69) is 16.0 Å². The number of rotatable bonds is 7. The molecule has 196 valence electrons. The van der Waals surface area contributed by atoms with E-state index in [4.69, 9.17) is 0 Å². The lowest BCUT2D eigenvalue weighted by Crippen LogP contribution is -2.63. The van der Waals surface area contributed by atoms with Gasteiger partial charge in [0.1, 0.15) is 12.1 Å². The van der Waals surface area contributed by atoms with E-state index in [0.29, 0.717) is 0 Å². The number of Topliss-reactive ketones (excluding diaryl/α,β-unsaturated/α-hetero) is 1. The van der Waals surface area contributed by atoms with Gasteiger partial charge in [0.15, 0.2) is 5.78 Å². The molecular formula is C27H49N3O4. The Kier molecular flexibility index (Phi) is 8.52. The summed E-state index contributed by atoms with van der Waals surface area (Å²) in [7, 11) is 0. The van der Waals surface area contributed by atoms with Crippen LogP contribution in [0, 0.1) is 27.1 Å². The number of hydrogen-bond donors (Lipinski definition) is 3. The molecule has 7 nitrogen and oxygen atoms in total. The van der Waals surface area contributed by atoms with Crippen molar-refractivity contribution >= 4 is 23.5 Å². The maximum absolute atomic E-state index is 13.5. The lowest BCUT2D eigenvalue weighted by molar-refractivity contribution is -0.139. The maximum Gasteiger partial charge on any atom is 0.243 e. The highest BCUT2D eigenvalue weighted by molar-refractivity contribution is 5.98. The Morgan fingerprint density at radius 1 is 0.588 bits per heavy atom. The summed E-state index contributed by atoms with van der Waals surface area (Å²) < 4.78 is 0. The molecule has 0 aromatic rings. The molecule has 1 saturated carbocycles. The number of ketones is 1. The normalized spacial score (nSPS) is 18.9. The highest BCUT2D eigenvalue weighted by atomic mass is 16.2. The van der Waals surface area contributed by atoms with Crippen LogP contribution >= 0.6 is 0 Å². The van der Waals surface area contributed by atoms with Gasteiger partial charge in [0.25, 0.3) is 0 Å². The molecule has 3 amide bonds. The summed E-state index contributed by atoms with van der Waals surface area (Å²) in [4.78, 5) is 52.8. The topological polar surface area (TPSA) is 104 Å². The predicted octanol–water partition coefficient (Wildman–Crippen LogP) is 3.99. The van der Waals surface area contributed by atoms with Crippen LogP contribution in [-0.4, -0.2) is 41.6 Å². The van der Waals surface area contributed by atoms with Crippen molar-refractivity contribution in [3.05, 3.63) is 0 Å². The standard InChI is InChI=1S/C27H49N3O4/c1-23(2,3)16(19(31)27(13)14-15-27)28-20(32)17(24(4,5)6)29-21(33)18(25(7,8)9)30-22(34)26(10,11)12/h16-18H,14-15H2,1-13H3,(H,28,32)(H,29,33)(H,30,34). The predicted molar refractivity (Wildman–Crippen MR) is 136 cm³/mol. The fraction of sp³-hybridized carbons (Fsp3) is 0.852. The largest absolute Gasteiger partial charge is 0.344 e. The Hall–Kier alpha value is -1.92. The smallest absolute Gasteiger partial charge is 0.243 e. The fourth-order valence-corrected chi connectivity index (χ4v) is 3.61. The van der Waals surface area contributed by atoms with E-state index in [9.17, 15) is 19.2 Å². The van der Waals surface area contributed by atoms with Crippen LogP contribution in [-0.2, 0) is 19.2 Å². The van der Waals surface area contributed by atoms with Crippen molar-refractivity contribution in [3.8, 4) is 0 Å². The zero-order valence-electron chi connectivity index (χ0n) is 23.8. The maximum atomic E-state index is 13.5. The lowest BCUT2D eigenvalue weighted by Gasteiger charge is -2.38. The van der Waals surface area contributed by atoms with Crippen LogP contribution in [0.4, 0.5) is 0 Å².